The van der Waals surface area contributed by atoms with Crippen LogP contribution in [0.1, 0.15) is 40.0 Å². The largest absolute Gasteiger partial charge is 0.461 e. The van der Waals surface area contributed by atoms with E-state index in [0.717, 1.165) is 19.3 Å². The summed E-state index contributed by atoms with van der Waals surface area (Å²) in [6.07, 6.45) is 4.52. The number of rotatable bonds is 0. The number of esters is 1. The Balaban J connectivity index is 2.00. The molecule has 0 aromatic rings. The molecule has 6 atom stereocenters. The summed E-state index contributed by atoms with van der Waals surface area (Å²) in [5.41, 5.74) is 1.17. The second-order valence-electron chi connectivity index (χ2n) is 6.58. The molecule has 3 nitrogen and oxygen atoms in total. The quantitative estimate of drug-likeness (QED) is 0.530. The molecule has 3 heteroatoms. The van der Waals surface area contributed by atoms with Crippen LogP contribution in [0.3, 0.4) is 0 Å². The second kappa shape index (κ2) is 3.83. The summed E-state index contributed by atoms with van der Waals surface area (Å²) in [5.74, 6) is 0.506. The van der Waals surface area contributed by atoms with E-state index in [9.17, 15) is 9.90 Å². The highest BCUT2D eigenvalue weighted by Crippen LogP contribution is 2.56. The molecule has 3 rings (SSSR count). The molecule has 3 aliphatic rings. The van der Waals surface area contributed by atoms with Crippen LogP contribution in [0, 0.1) is 23.2 Å². The number of carbonyl (C=O) groups is 1. The van der Waals surface area contributed by atoms with Crippen molar-refractivity contribution in [3.8, 4) is 0 Å². The molecule has 0 aromatic heterocycles. The Labute approximate surface area is 108 Å². The summed E-state index contributed by atoms with van der Waals surface area (Å²) in [6.45, 7) is 6.26. The number of hydrogen-bond donors (Lipinski definition) is 1. The molecule has 0 amide bonds. The van der Waals surface area contributed by atoms with Crippen molar-refractivity contribution >= 4 is 5.97 Å². The Morgan fingerprint density at radius 2 is 2.22 bits per heavy atom. The third kappa shape index (κ3) is 1.43. The number of aliphatic hydroxyl groups is 1. The SMILES string of the molecule is CC1=CC[C@@H](O)[C@@]2(C)CC[C@H]3[C@@H](OC(=O)[C@H]3C)[C@@H]12. The molecule has 0 spiro atoms. The van der Waals surface area contributed by atoms with Crippen molar-refractivity contribution in [3.05, 3.63) is 11.6 Å². The van der Waals surface area contributed by atoms with Crippen molar-refractivity contribution in [1.29, 1.82) is 0 Å². The van der Waals surface area contributed by atoms with Gasteiger partial charge in [-0.15, -0.1) is 0 Å². The van der Waals surface area contributed by atoms with E-state index < -0.39 is 0 Å². The third-order valence-electron chi connectivity index (χ3n) is 5.66. The van der Waals surface area contributed by atoms with Gasteiger partial charge in [-0.25, -0.2) is 0 Å². The van der Waals surface area contributed by atoms with Gasteiger partial charge in [-0.2, -0.15) is 0 Å². The van der Waals surface area contributed by atoms with Crippen LogP contribution >= 0.6 is 0 Å². The molecule has 0 aromatic carbocycles. The minimum atomic E-state index is -0.304. The van der Waals surface area contributed by atoms with Gasteiger partial charge in [-0.05, 0) is 26.2 Å². The smallest absolute Gasteiger partial charge is 0.309 e. The van der Waals surface area contributed by atoms with Gasteiger partial charge in [0.15, 0.2) is 0 Å². The van der Waals surface area contributed by atoms with Crippen LogP contribution < -0.4 is 0 Å². The predicted octanol–water partition coefficient (Wildman–Crippen LogP) is 2.29. The van der Waals surface area contributed by atoms with Gasteiger partial charge in [0.25, 0.3) is 0 Å². The van der Waals surface area contributed by atoms with Crippen molar-refractivity contribution in [3.63, 3.8) is 0 Å². The lowest BCUT2D eigenvalue weighted by molar-refractivity contribution is -0.151. The molecule has 18 heavy (non-hydrogen) atoms. The van der Waals surface area contributed by atoms with Crippen LogP contribution in [0.2, 0.25) is 0 Å². The minimum absolute atomic E-state index is 0.0163. The summed E-state index contributed by atoms with van der Waals surface area (Å²) in [7, 11) is 0. The van der Waals surface area contributed by atoms with Crippen LogP contribution in [-0.4, -0.2) is 23.3 Å². The topological polar surface area (TPSA) is 46.5 Å². The summed E-state index contributed by atoms with van der Waals surface area (Å²) in [6, 6.07) is 0. The second-order valence-corrected chi connectivity index (χ2v) is 6.58. The average molecular weight is 250 g/mol. The van der Waals surface area contributed by atoms with E-state index in [4.69, 9.17) is 4.74 Å². The molecule has 1 N–H and O–H groups in total. The summed E-state index contributed by atoms with van der Waals surface area (Å²) >= 11 is 0. The van der Waals surface area contributed by atoms with Crippen LogP contribution in [0.25, 0.3) is 0 Å². The van der Waals surface area contributed by atoms with Gasteiger partial charge in [0, 0.05) is 17.3 Å². The van der Waals surface area contributed by atoms with E-state index in [2.05, 4.69) is 19.9 Å². The standard InChI is InChI=1S/C15H22O3/c1-8-4-5-11(16)15(3)7-6-10-9(2)14(17)18-13(10)12(8)15/h4,9-13,16H,5-7H2,1-3H3/t9-,10+,11+,12+,13+,15+/m0/s1. The number of hydrogen-bond acceptors (Lipinski definition) is 3. The van der Waals surface area contributed by atoms with E-state index in [-0.39, 0.29) is 35.4 Å². The van der Waals surface area contributed by atoms with Gasteiger partial charge >= 0.3 is 5.97 Å². The number of carbonyl (C=O) groups excluding carboxylic acids is 1. The first kappa shape index (κ1) is 12.2. The maximum absolute atomic E-state index is 11.8. The maximum Gasteiger partial charge on any atom is 0.309 e. The van der Waals surface area contributed by atoms with E-state index in [1.165, 1.54) is 5.57 Å². The normalized spacial score (nSPS) is 51.2. The lowest BCUT2D eigenvalue weighted by atomic mass is 9.55. The van der Waals surface area contributed by atoms with Crippen LogP contribution in [0.5, 0.6) is 0 Å². The Kier molecular flexibility index (Phi) is 2.60. The zero-order valence-corrected chi connectivity index (χ0v) is 11.3. The molecule has 0 radical (unpaired) electrons. The molecular formula is C15H22O3. The van der Waals surface area contributed by atoms with Gasteiger partial charge in [0.05, 0.1) is 12.0 Å². The van der Waals surface area contributed by atoms with E-state index in [1.807, 2.05) is 6.92 Å². The lowest BCUT2D eigenvalue weighted by Gasteiger charge is -2.51. The van der Waals surface area contributed by atoms with Gasteiger partial charge in [-0.3, -0.25) is 4.79 Å². The fourth-order valence-corrected chi connectivity index (χ4v) is 4.37. The Hall–Kier alpha value is -0.830. The maximum atomic E-state index is 11.8. The van der Waals surface area contributed by atoms with Crippen LogP contribution in [0.4, 0.5) is 0 Å². The molecule has 1 saturated carbocycles. The molecular weight excluding hydrogens is 228 g/mol. The third-order valence-corrected chi connectivity index (χ3v) is 5.66. The Morgan fingerprint density at radius 1 is 1.50 bits per heavy atom. The fraction of sp³-hybridized carbons (Fsp3) is 0.800. The summed E-state index contributed by atoms with van der Waals surface area (Å²) < 4.78 is 5.64. The zero-order valence-electron chi connectivity index (χ0n) is 11.3. The summed E-state index contributed by atoms with van der Waals surface area (Å²) in [5, 5.41) is 10.3. The van der Waals surface area contributed by atoms with Crippen molar-refractivity contribution in [2.45, 2.75) is 52.2 Å². The zero-order chi connectivity index (χ0) is 13.1. The molecule has 1 saturated heterocycles. The average Bonchev–Trinajstić information content (AvgIpc) is 2.60. The van der Waals surface area contributed by atoms with Crippen molar-refractivity contribution in [1.82, 2.24) is 0 Å². The van der Waals surface area contributed by atoms with Gasteiger partial charge < -0.3 is 9.84 Å². The van der Waals surface area contributed by atoms with Crippen LogP contribution in [0.15, 0.2) is 11.6 Å². The van der Waals surface area contributed by atoms with E-state index >= 15 is 0 Å². The Bertz CT molecular complexity index is 414. The lowest BCUT2D eigenvalue weighted by Crippen LogP contribution is -2.52. The van der Waals surface area contributed by atoms with Crippen LogP contribution in [-0.2, 0) is 9.53 Å². The highest BCUT2D eigenvalue weighted by molar-refractivity contribution is 5.75. The van der Waals surface area contributed by atoms with Gasteiger partial charge in [0.2, 0.25) is 0 Å². The Morgan fingerprint density at radius 3 is 2.94 bits per heavy atom. The molecule has 1 heterocycles. The van der Waals surface area contributed by atoms with Crippen molar-refractivity contribution in [2.75, 3.05) is 0 Å². The molecule has 1 aliphatic heterocycles. The molecule has 2 fully saturated rings. The first-order valence-corrected chi connectivity index (χ1v) is 7.00. The van der Waals surface area contributed by atoms with Crippen molar-refractivity contribution in [2.24, 2.45) is 23.2 Å². The highest BCUT2D eigenvalue weighted by Gasteiger charge is 2.58. The van der Waals surface area contributed by atoms with Crippen molar-refractivity contribution < 1.29 is 14.6 Å². The minimum Gasteiger partial charge on any atom is -0.461 e. The molecule has 0 bridgehead atoms. The molecule has 0 unspecified atom stereocenters. The number of ether oxygens (including phenoxy) is 1. The molecule has 100 valence electrons. The predicted molar refractivity (Wildman–Crippen MR) is 67.7 cm³/mol. The number of fused-ring (bicyclic) bond motifs is 3. The van der Waals surface area contributed by atoms with Gasteiger partial charge in [-0.1, -0.05) is 25.5 Å². The summed E-state index contributed by atoms with van der Waals surface area (Å²) in [4.78, 5) is 11.8. The number of aliphatic hydroxyl groups excluding tert-OH is 1. The monoisotopic (exact) mass is 250 g/mol. The van der Waals surface area contributed by atoms with Gasteiger partial charge in [0.1, 0.15) is 6.10 Å². The fourth-order valence-electron chi connectivity index (χ4n) is 4.37. The molecule has 2 aliphatic carbocycles. The van der Waals surface area contributed by atoms with E-state index in [0.29, 0.717) is 5.92 Å². The van der Waals surface area contributed by atoms with E-state index in [1.54, 1.807) is 0 Å². The highest BCUT2D eigenvalue weighted by atomic mass is 16.6. The first-order chi connectivity index (χ1) is 8.45. The first-order valence-electron chi connectivity index (χ1n) is 7.00.